The fourth-order valence-electron chi connectivity index (χ4n) is 3.14. The van der Waals surface area contributed by atoms with Gasteiger partial charge in [0.2, 0.25) is 0 Å². The molecular weight excluding hydrogens is 346 g/mol. The standard InChI is InChI=1S/C20H24ClN5/c1-5-15-9-7-8-14(3)18(15)26-19(23-24-25-26)20(4,6-2)22-17-12-10-16(21)11-13-17/h7-13,22H,5-6H2,1-4H3/t20-/m0/s1. The van der Waals surface area contributed by atoms with Gasteiger partial charge < -0.3 is 5.32 Å². The molecule has 0 amide bonds. The van der Waals surface area contributed by atoms with Crippen molar-refractivity contribution in [2.75, 3.05) is 5.32 Å². The quantitative estimate of drug-likeness (QED) is 0.669. The first-order valence-electron chi connectivity index (χ1n) is 8.90. The van der Waals surface area contributed by atoms with Gasteiger partial charge in [0.05, 0.1) is 11.2 Å². The molecular formula is C20H24ClN5. The van der Waals surface area contributed by atoms with Crippen LogP contribution in [-0.4, -0.2) is 20.2 Å². The molecule has 0 aliphatic carbocycles. The first kappa shape index (κ1) is 18.4. The van der Waals surface area contributed by atoms with E-state index in [1.165, 1.54) is 5.56 Å². The molecule has 0 bridgehead atoms. The largest absolute Gasteiger partial charge is 0.373 e. The number of halogens is 1. The molecule has 2 aromatic carbocycles. The summed E-state index contributed by atoms with van der Waals surface area (Å²) in [7, 11) is 0. The summed E-state index contributed by atoms with van der Waals surface area (Å²) in [5.74, 6) is 0.791. The van der Waals surface area contributed by atoms with Crippen LogP contribution in [0.2, 0.25) is 5.02 Å². The Hall–Kier alpha value is -2.40. The fraction of sp³-hybridized carbons (Fsp3) is 0.350. The number of aromatic nitrogens is 4. The number of benzene rings is 2. The topological polar surface area (TPSA) is 55.6 Å². The van der Waals surface area contributed by atoms with Crippen LogP contribution in [0.3, 0.4) is 0 Å². The Balaban J connectivity index is 2.07. The molecule has 1 N–H and O–H groups in total. The van der Waals surface area contributed by atoms with Crippen LogP contribution in [0, 0.1) is 6.92 Å². The molecule has 5 nitrogen and oxygen atoms in total. The van der Waals surface area contributed by atoms with Crippen molar-refractivity contribution in [2.24, 2.45) is 0 Å². The van der Waals surface area contributed by atoms with Gasteiger partial charge in [0.15, 0.2) is 5.82 Å². The fourth-order valence-corrected chi connectivity index (χ4v) is 3.27. The molecule has 1 heterocycles. The number of hydrogen-bond acceptors (Lipinski definition) is 4. The molecule has 1 aromatic heterocycles. The van der Waals surface area contributed by atoms with E-state index in [0.717, 1.165) is 35.6 Å². The molecule has 0 fully saturated rings. The molecule has 3 rings (SSSR count). The zero-order valence-corrected chi connectivity index (χ0v) is 16.4. The summed E-state index contributed by atoms with van der Waals surface area (Å²) in [6.45, 7) is 8.48. The molecule has 3 aromatic rings. The van der Waals surface area contributed by atoms with E-state index in [9.17, 15) is 0 Å². The Bertz CT molecular complexity index is 887. The van der Waals surface area contributed by atoms with E-state index < -0.39 is 5.54 Å². The van der Waals surface area contributed by atoms with Crippen LogP contribution >= 0.6 is 11.6 Å². The minimum absolute atomic E-state index is 0.426. The van der Waals surface area contributed by atoms with E-state index in [2.05, 4.69) is 66.7 Å². The predicted molar refractivity (Wildman–Crippen MR) is 106 cm³/mol. The average Bonchev–Trinajstić information content (AvgIpc) is 3.13. The maximum atomic E-state index is 6.01. The van der Waals surface area contributed by atoms with E-state index in [1.807, 2.05) is 28.9 Å². The van der Waals surface area contributed by atoms with Crippen LogP contribution in [0.25, 0.3) is 5.69 Å². The third-order valence-corrected chi connectivity index (χ3v) is 5.10. The molecule has 0 unspecified atom stereocenters. The number of rotatable bonds is 6. The van der Waals surface area contributed by atoms with E-state index in [0.29, 0.717) is 5.02 Å². The van der Waals surface area contributed by atoms with Gasteiger partial charge in [-0.1, -0.05) is 43.6 Å². The van der Waals surface area contributed by atoms with E-state index in [1.54, 1.807) is 0 Å². The lowest BCUT2D eigenvalue weighted by Crippen LogP contribution is -2.34. The van der Waals surface area contributed by atoms with Gasteiger partial charge in [0, 0.05) is 10.7 Å². The summed E-state index contributed by atoms with van der Waals surface area (Å²) >= 11 is 6.01. The highest BCUT2D eigenvalue weighted by atomic mass is 35.5. The molecule has 0 spiro atoms. The number of aryl methyl sites for hydroxylation is 2. The maximum absolute atomic E-state index is 6.01. The Morgan fingerprint density at radius 3 is 2.50 bits per heavy atom. The number of nitrogens with one attached hydrogen (secondary N) is 1. The Kier molecular flexibility index (Phi) is 5.28. The number of nitrogens with zero attached hydrogens (tertiary/aromatic N) is 4. The van der Waals surface area contributed by atoms with Gasteiger partial charge in [0.1, 0.15) is 0 Å². The zero-order chi connectivity index (χ0) is 18.7. The van der Waals surface area contributed by atoms with Crippen molar-refractivity contribution >= 4 is 17.3 Å². The van der Waals surface area contributed by atoms with Crippen molar-refractivity contribution in [2.45, 2.75) is 46.1 Å². The Labute approximate surface area is 159 Å². The molecule has 136 valence electrons. The van der Waals surface area contributed by atoms with Gasteiger partial charge in [-0.2, -0.15) is 4.68 Å². The van der Waals surface area contributed by atoms with Crippen molar-refractivity contribution < 1.29 is 0 Å². The molecule has 1 atom stereocenters. The zero-order valence-electron chi connectivity index (χ0n) is 15.6. The van der Waals surface area contributed by atoms with Crippen LogP contribution in [0.4, 0.5) is 5.69 Å². The third kappa shape index (κ3) is 3.44. The van der Waals surface area contributed by atoms with Gasteiger partial charge in [0.25, 0.3) is 0 Å². The Morgan fingerprint density at radius 1 is 1.12 bits per heavy atom. The summed E-state index contributed by atoms with van der Waals surface area (Å²) in [5.41, 5.74) is 4.00. The monoisotopic (exact) mass is 369 g/mol. The van der Waals surface area contributed by atoms with E-state index >= 15 is 0 Å². The van der Waals surface area contributed by atoms with Gasteiger partial charge in [-0.25, -0.2) is 0 Å². The summed E-state index contributed by atoms with van der Waals surface area (Å²) in [6.07, 6.45) is 1.74. The van der Waals surface area contributed by atoms with Crippen molar-refractivity contribution in [1.29, 1.82) is 0 Å². The van der Waals surface area contributed by atoms with E-state index in [4.69, 9.17) is 11.6 Å². The van der Waals surface area contributed by atoms with Gasteiger partial charge >= 0.3 is 0 Å². The average molecular weight is 370 g/mol. The van der Waals surface area contributed by atoms with Crippen LogP contribution in [0.15, 0.2) is 42.5 Å². The first-order valence-corrected chi connectivity index (χ1v) is 9.27. The lowest BCUT2D eigenvalue weighted by atomic mass is 9.96. The number of para-hydroxylation sites is 1. The summed E-state index contributed by atoms with van der Waals surface area (Å²) in [5, 5.41) is 17.0. The first-order chi connectivity index (χ1) is 12.5. The van der Waals surface area contributed by atoms with Crippen LogP contribution in [-0.2, 0) is 12.0 Å². The minimum Gasteiger partial charge on any atom is -0.373 e. The smallest absolute Gasteiger partial charge is 0.181 e. The lowest BCUT2D eigenvalue weighted by molar-refractivity contribution is 0.474. The number of tetrazole rings is 1. The van der Waals surface area contributed by atoms with Crippen LogP contribution in [0.1, 0.15) is 44.1 Å². The normalized spacial score (nSPS) is 13.4. The molecule has 0 aliphatic rings. The minimum atomic E-state index is -0.426. The summed E-state index contributed by atoms with van der Waals surface area (Å²) < 4.78 is 1.88. The van der Waals surface area contributed by atoms with E-state index in [-0.39, 0.29) is 0 Å². The number of hydrogen-bond donors (Lipinski definition) is 1. The number of anilines is 1. The SMILES string of the molecule is CCc1cccc(C)c1-n1nnnc1[C@](C)(CC)Nc1ccc(Cl)cc1. The van der Waals surface area contributed by atoms with Gasteiger partial charge in [-0.15, -0.1) is 5.10 Å². The molecule has 0 saturated heterocycles. The molecule has 0 saturated carbocycles. The molecule has 6 heteroatoms. The Morgan fingerprint density at radius 2 is 1.85 bits per heavy atom. The summed E-state index contributed by atoms with van der Waals surface area (Å²) in [6, 6.07) is 14.0. The summed E-state index contributed by atoms with van der Waals surface area (Å²) in [4.78, 5) is 0. The highest BCUT2D eigenvalue weighted by Gasteiger charge is 2.32. The molecule has 0 radical (unpaired) electrons. The highest BCUT2D eigenvalue weighted by Crippen LogP contribution is 2.31. The van der Waals surface area contributed by atoms with Crippen molar-refractivity contribution in [1.82, 2.24) is 20.2 Å². The van der Waals surface area contributed by atoms with Gasteiger partial charge in [-0.05, 0) is 72.5 Å². The maximum Gasteiger partial charge on any atom is 0.181 e. The second-order valence-electron chi connectivity index (χ2n) is 6.67. The van der Waals surface area contributed by atoms with Crippen molar-refractivity contribution in [3.05, 3.63) is 64.4 Å². The molecule has 26 heavy (non-hydrogen) atoms. The predicted octanol–water partition coefficient (Wildman–Crippen LogP) is 4.92. The van der Waals surface area contributed by atoms with Crippen molar-refractivity contribution in [3.8, 4) is 5.69 Å². The second-order valence-corrected chi connectivity index (χ2v) is 7.10. The van der Waals surface area contributed by atoms with Crippen molar-refractivity contribution in [3.63, 3.8) is 0 Å². The molecule has 0 aliphatic heterocycles. The second kappa shape index (κ2) is 7.46. The highest BCUT2D eigenvalue weighted by molar-refractivity contribution is 6.30. The van der Waals surface area contributed by atoms with Crippen LogP contribution < -0.4 is 5.32 Å². The third-order valence-electron chi connectivity index (χ3n) is 4.85. The van der Waals surface area contributed by atoms with Gasteiger partial charge in [-0.3, -0.25) is 0 Å². The lowest BCUT2D eigenvalue weighted by Gasteiger charge is -2.30. The van der Waals surface area contributed by atoms with Crippen LogP contribution in [0.5, 0.6) is 0 Å².